The summed E-state index contributed by atoms with van der Waals surface area (Å²) in [6.07, 6.45) is 2.09. The van der Waals surface area contributed by atoms with Crippen molar-refractivity contribution in [2.75, 3.05) is 12.9 Å². The second kappa shape index (κ2) is 9.62. The third kappa shape index (κ3) is 5.58. The number of hydrogen-bond donors (Lipinski definition) is 1. The summed E-state index contributed by atoms with van der Waals surface area (Å²) >= 11 is 0. The number of ether oxygens (including phenoxy) is 1. The first kappa shape index (κ1) is 26.1. The zero-order valence-electron chi connectivity index (χ0n) is 21.1. The van der Waals surface area contributed by atoms with Gasteiger partial charge in [-0.05, 0) is 66.6 Å². The number of hydrogen-bond acceptors (Lipinski definition) is 6. The van der Waals surface area contributed by atoms with E-state index in [1.807, 2.05) is 39.8 Å². The predicted octanol–water partition coefficient (Wildman–Crippen LogP) is 5.97. The molecule has 7 heteroatoms. The lowest BCUT2D eigenvalue weighted by atomic mass is 9.73. The second-order valence-corrected chi connectivity index (χ2v) is 11.6. The molecule has 1 heterocycles. The summed E-state index contributed by atoms with van der Waals surface area (Å²) in [6, 6.07) is 13.1. The van der Waals surface area contributed by atoms with Gasteiger partial charge in [-0.1, -0.05) is 46.8 Å². The van der Waals surface area contributed by atoms with Gasteiger partial charge in [0.2, 0.25) is 0 Å². The Kier molecular flexibility index (Phi) is 7.39. The van der Waals surface area contributed by atoms with Crippen molar-refractivity contribution in [1.29, 1.82) is 0 Å². The highest BCUT2D eigenvalue weighted by molar-refractivity contribution is 7.86. The van der Waals surface area contributed by atoms with E-state index in [-0.39, 0.29) is 23.2 Å². The van der Waals surface area contributed by atoms with Crippen LogP contribution in [0, 0.1) is 12.3 Å². The Morgan fingerprint density at radius 2 is 1.71 bits per heavy atom. The quantitative estimate of drug-likeness (QED) is 0.373. The topological polar surface area (TPSA) is 86.0 Å². The monoisotopic (exact) mass is 488 g/mol. The predicted molar refractivity (Wildman–Crippen MR) is 135 cm³/mol. The Bertz CT molecular complexity index is 1250. The van der Waals surface area contributed by atoms with E-state index in [0.29, 0.717) is 5.58 Å². The van der Waals surface area contributed by atoms with Crippen molar-refractivity contribution in [2.45, 2.75) is 65.9 Å². The normalized spacial score (nSPS) is 13.8. The number of aryl methyl sites for hydroxylation is 1. The Morgan fingerprint density at radius 1 is 1.03 bits per heavy atom. The van der Waals surface area contributed by atoms with Crippen molar-refractivity contribution >= 4 is 21.1 Å². The highest BCUT2D eigenvalue weighted by Crippen LogP contribution is 2.43. The Morgan fingerprint density at radius 3 is 2.26 bits per heavy atom. The largest absolute Gasteiger partial charge is 0.491 e. The second-order valence-electron chi connectivity index (χ2n) is 10.1. The van der Waals surface area contributed by atoms with E-state index in [0.717, 1.165) is 47.1 Å². The molecule has 0 bridgehead atoms. The van der Waals surface area contributed by atoms with E-state index in [1.165, 1.54) is 0 Å². The average Bonchev–Trinajstić information content (AvgIpc) is 3.16. The molecule has 1 unspecified atom stereocenters. The molecule has 34 heavy (non-hydrogen) atoms. The van der Waals surface area contributed by atoms with Gasteiger partial charge in [-0.15, -0.1) is 0 Å². The summed E-state index contributed by atoms with van der Waals surface area (Å²) < 4.78 is 40.2. The van der Waals surface area contributed by atoms with Crippen LogP contribution < -0.4 is 8.92 Å². The summed E-state index contributed by atoms with van der Waals surface area (Å²) in [5, 5.41) is 11.1. The first-order valence-corrected chi connectivity index (χ1v) is 13.5. The molecule has 3 rings (SSSR count). The van der Waals surface area contributed by atoms with E-state index >= 15 is 0 Å². The van der Waals surface area contributed by atoms with Gasteiger partial charge in [0.05, 0.1) is 17.8 Å². The van der Waals surface area contributed by atoms with E-state index in [1.54, 1.807) is 18.2 Å². The molecule has 0 aliphatic rings. The fourth-order valence-corrected chi connectivity index (χ4v) is 4.61. The highest BCUT2D eigenvalue weighted by atomic mass is 32.2. The van der Waals surface area contributed by atoms with Crippen LogP contribution in [0.25, 0.3) is 11.0 Å². The molecular formula is C27H36O6S. The van der Waals surface area contributed by atoms with Crippen LogP contribution in [0.2, 0.25) is 0 Å². The van der Waals surface area contributed by atoms with Crippen LogP contribution >= 0.6 is 0 Å². The Labute approximate surface area is 203 Å². The molecule has 0 saturated heterocycles. The molecular weight excluding hydrogens is 452 g/mol. The number of rotatable bonds is 9. The molecule has 1 aromatic heterocycles. The van der Waals surface area contributed by atoms with Crippen LogP contribution in [0.1, 0.15) is 64.3 Å². The van der Waals surface area contributed by atoms with Crippen LogP contribution in [0.15, 0.2) is 46.9 Å². The molecule has 1 N–H and O–H groups in total. The van der Waals surface area contributed by atoms with Crippen molar-refractivity contribution < 1.29 is 26.9 Å². The minimum absolute atomic E-state index is 0.234. The van der Waals surface area contributed by atoms with Crippen LogP contribution in [-0.2, 0) is 15.5 Å². The maximum absolute atomic E-state index is 11.5. The summed E-state index contributed by atoms with van der Waals surface area (Å²) in [5.74, 6) is 1.83. The van der Waals surface area contributed by atoms with E-state index in [4.69, 9.17) is 13.3 Å². The van der Waals surface area contributed by atoms with E-state index in [9.17, 15) is 13.5 Å². The maximum atomic E-state index is 11.5. The van der Waals surface area contributed by atoms with Crippen LogP contribution in [0.4, 0.5) is 0 Å². The van der Waals surface area contributed by atoms with Gasteiger partial charge >= 0.3 is 10.1 Å². The van der Waals surface area contributed by atoms with Gasteiger partial charge in [0.1, 0.15) is 29.4 Å². The fraction of sp³-hybridized carbons (Fsp3) is 0.481. The zero-order valence-corrected chi connectivity index (χ0v) is 22.0. The summed E-state index contributed by atoms with van der Waals surface area (Å²) in [6.45, 7) is 12.5. The molecule has 0 spiro atoms. The van der Waals surface area contributed by atoms with Crippen molar-refractivity contribution in [3.63, 3.8) is 0 Å². The Hall–Kier alpha value is -2.51. The lowest BCUT2D eigenvalue weighted by molar-refractivity contribution is 0.0216. The molecule has 0 aliphatic heterocycles. The SMILES string of the molecule is CCC(CC)(c1ccc(OCC(O)C(C)(C)C)c(C)c1)c1cc2cc(OS(C)(=O)=O)ccc2o1. The van der Waals surface area contributed by atoms with Gasteiger partial charge in [-0.3, -0.25) is 0 Å². The number of fused-ring (bicyclic) bond motifs is 1. The van der Waals surface area contributed by atoms with Gasteiger partial charge in [0, 0.05) is 5.39 Å². The Balaban J connectivity index is 1.95. The van der Waals surface area contributed by atoms with E-state index in [2.05, 4.69) is 26.0 Å². The zero-order chi connectivity index (χ0) is 25.3. The van der Waals surface area contributed by atoms with Crippen molar-refractivity contribution in [2.24, 2.45) is 5.41 Å². The third-order valence-corrected chi connectivity index (χ3v) is 7.03. The molecule has 0 saturated carbocycles. The number of furan rings is 1. The molecule has 0 fully saturated rings. The summed E-state index contributed by atoms with van der Waals surface area (Å²) in [5.41, 5.74) is 2.18. The lowest BCUT2D eigenvalue weighted by Gasteiger charge is -2.31. The average molecular weight is 489 g/mol. The van der Waals surface area contributed by atoms with Crippen LogP contribution in [-0.4, -0.2) is 32.5 Å². The molecule has 6 nitrogen and oxygen atoms in total. The molecule has 186 valence electrons. The van der Waals surface area contributed by atoms with Crippen molar-refractivity contribution in [3.05, 3.63) is 59.4 Å². The molecule has 0 radical (unpaired) electrons. The van der Waals surface area contributed by atoms with Gasteiger partial charge in [0.15, 0.2) is 0 Å². The smallest absolute Gasteiger partial charge is 0.306 e. The van der Waals surface area contributed by atoms with Crippen LogP contribution in [0.3, 0.4) is 0 Å². The number of aliphatic hydroxyl groups is 1. The van der Waals surface area contributed by atoms with Crippen molar-refractivity contribution in [3.8, 4) is 11.5 Å². The van der Waals surface area contributed by atoms with Gasteiger partial charge in [-0.25, -0.2) is 0 Å². The van der Waals surface area contributed by atoms with Gasteiger partial charge in [0.25, 0.3) is 0 Å². The van der Waals surface area contributed by atoms with Gasteiger partial charge < -0.3 is 18.4 Å². The lowest BCUT2D eigenvalue weighted by Crippen LogP contribution is -2.32. The first-order chi connectivity index (χ1) is 15.8. The molecule has 1 atom stereocenters. The minimum atomic E-state index is -3.61. The van der Waals surface area contributed by atoms with Crippen LogP contribution in [0.5, 0.6) is 11.5 Å². The van der Waals surface area contributed by atoms with Crippen molar-refractivity contribution in [1.82, 2.24) is 0 Å². The number of benzene rings is 2. The molecule has 0 amide bonds. The highest BCUT2D eigenvalue weighted by Gasteiger charge is 2.35. The number of aliphatic hydroxyl groups excluding tert-OH is 1. The van der Waals surface area contributed by atoms with Gasteiger partial charge in [-0.2, -0.15) is 8.42 Å². The summed E-state index contributed by atoms with van der Waals surface area (Å²) in [4.78, 5) is 0. The fourth-order valence-electron chi connectivity index (χ4n) is 4.16. The minimum Gasteiger partial charge on any atom is -0.491 e. The molecule has 2 aromatic carbocycles. The standard InChI is InChI=1S/C27H36O6S/c1-8-27(9-2,20-10-12-22(18(3)14-20)31-17-24(28)26(4,5)6)25-16-19-15-21(33-34(7,29)30)11-13-23(19)32-25/h10-16,24,28H,8-9,17H2,1-7H3. The maximum Gasteiger partial charge on any atom is 0.306 e. The summed E-state index contributed by atoms with van der Waals surface area (Å²) in [7, 11) is -3.61. The molecule has 0 aliphatic carbocycles. The third-order valence-electron chi connectivity index (χ3n) is 6.54. The first-order valence-electron chi connectivity index (χ1n) is 11.6. The van der Waals surface area contributed by atoms with E-state index < -0.39 is 16.2 Å². The molecule has 3 aromatic rings.